The van der Waals surface area contributed by atoms with E-state index in [1.807, 2.05) is 82.3 Å². The molecule has 3 rings (SSSR count). The number of ether oxygens (including phenoxy) is 1. The molecule has 1 atom stereocenters. The van der Waals surface area contributed by atoms with Gasteiger partial charge in [0.25, 0.3) is 5.91 Å². The number of carbonyl (C=O) groups excluding carboxylic acids is 2. The third-order valence-corrected chi connectivity index (χ3v) is 6.05. The van der Waals surface area contributed by atoms with Crippen molar-refractivity contribution in [3.63, 3.8) is 0 Å². The lowest BCUT2D eigenvalue weighted by Crippen LogP contribution is -2.52. The number of aryl methyl sites for hydroxylation is 2. The molecule has 6 heteroatoms. The first-order valence-electron chi connectivity index (χ1n) is 11.8. The second-order valence-electron chi connectivity index (χ2n) is 9.08. The number of halogens is 1. The van der Waals surface area contributed by atoms with Crippen molar-refractivity contribution in [1.29, 1.82) is 0 Å². The van der Waals surface area contributed by atoms with Gasteiger partial charge in [0.15, 0.2) is 6.61 Å². The standard InChI is InChI=1S/C29H33ClN2O3/c1-20(2)31-29(34)27(17-23-10-6-5-7-11-23)32(18-24-12-8-9-21(3)15-24)28(33)19-35-25-13-14-26(30)22(4)16-25/h5-16,20,27H,17-19H2,1-4H3,(H,31,34). The van der Waals surface area contributed by atoms with Crippen molar-refractivity contribution in [3.05, 3.63) is 100 Å². The van der Waals surface area contributed by atoms with Crippen LogP contribution in [0.1, 0.15) is 36.1 Å². The molecule has 0 aliphatic rings. The van der Waals surface area contributed by atoms with E-state index < -0.39 is 6.04 Å². The van der Waals surface area contributed by atoms with Gasteiger partial charge in [-0.1, -0.05) is 71.8 Å². The Hall–Kier alpha value is -3.31. The largest absolute Gasteiger partial charge is 0.484 e. The normalized spacial score (nSPS) is 11.7. The van der Waals surface area contributed by atoms with E-state index in [9.17, 15) is 9.59 Å². The van der Waals surface area contributed by atoms with Gasteiger partial charge < -0.3 is 15.0 Å². The summed E-state index contributed by atoms with van der Waals surface area (Å²) in [5, 5.41) is 3.63. The van der Waals surface area contributed by atoms with E-state index in [0.29, 0.717) is 23.7 Å². The Labute approximate surface area is 213 Å². The molecule has 0 aromatic heterocycles. The van der Waals surface area contributed by atoms with E-state index in [1.165, 1.54) is 0 Å². The predicted molar refractivity (Wildman–Crippen MR) is 141 cm³/mol. The van der Waals surface area contributed by atoms with Crippen LogP contribution in [0.25, 0.3) is 0 Å². The Bertz CT molecular complexity index is 1150. The molecular formula is C29H33ClN2O3. The number of nitrogens with zero attached hydrogens (tertiary/aromatic N) is 1. The van der Waals surface area contributed by atoms with Crippen molar-refractivity contribution in [1.82, 2.24) is 10.2 Å². The summed E-state index contributed by atoms with van der Waals surface area (Å²) in [5.41, 5.74) is 3.89. The first-order valence-corrected chi connectivity index (χ1v) is 12.2. The zero-order valence-electron chi connectivity index (χ0n) is 20.8. The molecule has 3 aromatic rings. The SMILES string of the molecule is Cc1cccc(CN(C(=O)COc2ccc(Cl)c(C)c2)C(Cc2ccccc2)C(=O)NC(C)C)c1. The first kappa shape index (κ1) is 26.3. The number of rotatable bonds is 10. The lowest BCUT2D eigenvalue weighted by Gasteiger charge is -2.32. The molecule has 0 saturated carbocycles. The van der Waals surface area contributed by atoms with Gasteiger partial charge in [0.2, 0.25) is 5.91 Å². The highest BCUT2D eigenvalue weighted by atomic mass is 35.5. The zero-order valence-corrected chi connectivity index (χ0v) is 21.5. The number of carbonyl (C=O) groups is 2. The van der Waals surface area contributed by atoms with Crippen LogP contribution in [-0.2, 0) is 22.6 Å². The van der Waals surface area contributed by atoms with E-state index in [0.717, 1.165) is 22.3 Å². The summed E-state index contributed by atoms with van der Waals surface area (Å²) < 4.78 is 5.83. The molecular weight excluding hydrogens is 460 g/mol. The third kappa shape index (κ3) is 7.86. The Morgan fingerprint density at radius 3 is 2.31 bits per heavy atom. The van der Waals surface area contributed by atoms with Crippen molar-refractivity contribution in [2.75, 3.05) is 6.61 Å². The fraction of sp³-hybridized carbons (Fsp3) is 0.310. The summed E-state index contributed by atoms with van der Waals surface area (Å²) in [4.78, 5) is 28.6. The summed E-state index contributed by atoms with van der Waals surface area (Å²) in [5.74, 6) is 0.105. The minimum Gasteiger partial charge on any atom is -0.484 e. The highest BCUT2D eigenvalue weighted by molar-refractivity contribution is 6.31. The molecule has 0 spiro atoms. The molecule has 0 aliphatic carbocycles. The van der Waals surface area contributed by atoms with Gasteiger partial charge in [-0.3, -0.25) is 9.59 Å². The van der Waals surface area contributed by atoms with E-state index in [1.54, 1.807) is 23.1 Å². The van der Waals surface area contributed by atoms with Gasteiger partial charge in [0, 0.05) is 24.0 Å². The Morgan fingerprint density at radius 2 is 1.66 bits per heavy atom. The molecule has 1 N–H and O–H groups in total. The summed E-state index contributed by atoms with van der Waals surface area (Å²) in [7, 11) is 0. The smallest absolute Gasteiger partial charge is 0.261 e. The average molecular weight is 493 g/mol. The Morgan fingerprint density at radius 1 is 0.943 bits per heavy atom. The molecule has 0 heterocycles. The fourth-order valence-electron chi connectivity index (χ4n) is 3.88. The average Bonchev–Trinajstić information content (AvgIpc) is 2.82. The van der Waals surface area contributed by atoms with Crippen molar-refractivity contribution < 1.29 is 14.3 Å². The van der Waals surface area contributed by atoms with Gasteiger partial charge in [0.05, 0.1) is 0 Å². The highest BCUT2D eigenvalue weighted by Crippen LogP contribution is 2.22. The van der Waals surface area contributed by atoms with Crippen molar-refractivity contribution in [3.8, 4) is 5.75 Å². The fourth-order valence-corrected chi connectivity index (χ4v) is 3.99. The highest BCUT2D eigenvalue weighted by Gasteiger charge is 2.31. The van der Waals surface area contributed by atoms with Gasteiger partial charge in [-0.15, -0.1) is 0 Å². The number of hydrogen-bond acceptors (Lipinski definition) is 3. The lowest BCUT2D eigenvalue weighted by molar-refractivity contribution is -0.143. The van der Waals surface area contributed by atoms with E-state index in [-0.39, 0.29) is 24.5 Å². The van der Waals surface area contributed by atoms with Gasteiger partial charge >= 0.3 is 0 Å². The minimum absolute atomic E-state index is 0.0509. The monoisotopic (exact) mass is 492 g/mol. The number of hydrogen-bond donors (Lipinski definition) is 1. The van der Waals surface area contributed by atoms with Gasteiger partial charge in [0.1, 0.15) is 11.8 Å². The molecule has 5 nitrogen and oxygen atoms in total. The zero-order chi connectivity index (χ0) is 25.4. The van der Waals surface area contributed by atoms with E-state index in [4.69, 9.17) is 16.3 Å². The molecule has 0 fully saturated rings. The number of nitrogens with one attached hydrogen (secondary N) is 1. The van der Waals surface area contributed by atoms with Crippen LogP contribution in [0.4, 0.5) is 0 Å². The first-order chi connectivity index (χ1) is 16.7. The second kappa shape index (κ2) is 12.4. The summed E-state index contributed by atoms with van der Waals surface area (Å²) in [6, 6.07) is 22.3. The molecule has 35 heavy (non-hydrogen) atoms. The predicted octanol–water partition coefficient (Wildman–Crippen LogP) is 5.50. The van der Waals surface area contributed by atoms with E-state index >= 15 is 0 Å². The molecule has 1 unspecified atom stereocenters. The van der Waals surface area contributed by atoms with Crippen molar-refractivity contribution in [2.45, 2.75) is 52.7 Å². The summed E-state index contributed by atoms with van der Waals surface area (Å²) in [6.07, 6.45) is 0.400. The van der Waals surface area contributed by atoms with Crippen LogP contribution < -0.4 is 10.1 Å². The van der Waals surface area contributed by atoms with Gasteiger partial charge in [-0.25, -0.2) is 0 Å². The van der Waals surface area contributed by atoms with Gasteiger partial charge in [-0.05, 0) is 62.6 Å². The van der Waals surface area contributed by atoms with E-state index in [2.05, 4.69) is 5.32 Å². The van der Waals surface area contributed by atoms with Crippen LogP contribution in [-0.4, -0.2) is 35.4 Å². The maximum Gasteiger partial charge on any atom is 0.261 e. The molecule has 0 saturated heterocycles. The quantitative estimate of drug-likeness (QED) is 0.406. The van der Waals surface area contributed by atoms with Crippen molar-refractivity contribution in [2.24, 2.45) is 0 Å². The molecule has 0 radical (unpaired) electrons. The van der Waals surface area contributed by atoms with Gasteiger partial charge in [-0.2, -0.15) is 0 Å². The van der Waals surface area contributed by atoms with Crippen LogP contribution in [0.15, 0.2) is 72.8 Å². The molecule has 184 valence electrons. The molecule has 3 aromatic carbocycles. The summed E-state index contributed by atoms with van der Waals surface area (Å²) in [6.45, 7) is 7.83. The third-order valence-electron chi connectivity index (χ3n) is 5.63. The minimum atomic E-state index is -0.691. The number of benzene rings is 3. The Kier molecular flexibility index (Phi) is 9.32. The maximum absolute atomic E-state index is 13.6. The maximum atomic E-state index is 13.6. The van der Waals surface area contributed by atoms with Crippen molar-refractivity contribution >= 4 is 23.4 Å². The second-order valence-corrected chi connectivity index (χ2v) is 9.49. The van der Waals surface area contributed by atoms with Crippen LogP contribution in [0, 0.1) is 13.8 Å². The number of amides is 2. The van der Waals surface area contributed by atoms with Crippen LogP contribution in [0.5, 0.6) is 5.75 Å². The lowest BCUT2D eigenvalue weighted by atomic mass is 10.0. The van der Waals surface area contributed by atoms with Crippen LogP contribution >= 0.6 is 11.6 Å². The summed E-state index contributed by atoms with van der Waals surface area (Å²) >= 11 is 6.12. The molecule has 0 bridgehead atoms. The molecule has 2 amide bonds. The molecule has 0 aliphatic heterocycles. The van der Waals surface area contributed by atoms with Crippen LogP contribution in [0.3, 0.4) is 0 Å². The van der Waals surface area contributed by atoms with Crippen LogP contribution in [0.2, 0.25) is 5.02 Å². The Balaban J connectivity index is 1.91. The topological polar surface area (TPSA) is 58.6 Å².